The van der Waals surface area contributed by atoms with Gasteiger partial charge in [0.25, 0.3) is 5.91 Å². The largest absolute Gasteiger partial charge is 0.350 e. The number of fused-ring (bicyclic) bond motifs is 2. The number of carbonyl (C=O) groups excluding carboxylic acids is 2. The van der Waals surface area contributed by atoms with Gasteiger partial charge in [0, 0.05) is 50.5 Å². The minimum Gasteiger partial charge on any atom is -0.350 e. The number of hydrogen-bond donors (Lipinski definition) is 3. The quantitative estimate of drug-likeness (QED) is 0.379. The summed E-state index contributed by atoms with van der Waals surface area (Å²) in [5.74, 6) is -0.294. The van der Waals surface area contributed by atoms with Crippen LogP contribution in [0.25, 0.3) is 0 Å². The molecule has 10 heteroatoms. The first-order valence-electron chi connectivity index (χ1n) is 8.86. The highest BCUT2D eigenvalue weighted by molar-refractivity contribution is 7.75. The van der Waals surface area contributed by atoms with E-state index in [-0.39, 0.29) is 24.0 Å². The first-order valence-corrected chi connectivity index (χ1v) is 9.22. The van der Waals surface area contributed by atoms with Gasteiger partial charge in [-0.2, -0.15) is 5.06 Å². The molecule has 3 fully saturated rings. The second-order valence-electron chi connectivity index (χ2n) is 6.99. The summed E-state index contributed by atoms with van der Waals surface area (Å²) in [5.41, 5.74) is 2.51. The Hall–Kier alpha value is -1.75. The summed E-state index contributed by atoms with van der Waals surface area (Å²) in [6.07, 6.45) is 6.33. The highest BCUT2D eigenvalue weighted by Crippen LogP contribution is 2.30. The molecule has 0 aromatic carbocycles. The predicted molar refractivity (Wildman–Crippen MR) is 94.8 cm³/mol. The van der Waals surface area contributed by atoms with Gasteiger partial charge < -0.3 is 14.8 Å². The Kier molecular flexibility index (Phi) is 5.07. The number of aromatic nitrogens is 1. The molecule has 3 amide bonds. The van der Waals surface area contributed by atoms with Gasteiger partial charge in [-0.1, -0.05) is 0 Å². The van der Waals surface area contributed by atoms with Gasteiger partial charge in [-0.05, 0) is 31.4 Å². The predicted octanol–water partition coefficient (Wildman–Crippen LogP) is 0.484. The van der Waals surface area contributed by atoms with E-state index in [1.54, 1.807) is 0 Å². The van der Waals surface area contributed by atoms with Crippen LogP contribution in [0.15, 0.2) is 24.5 Å². The summed E-state index contributed by atoms with van der Waals surface area (Å²) in [7, 11) is 0. The first kappa shape index (κ1) is 17.7. The second kappa shape index (κ2) is 7.47. The molecule has 4 atom stereocenters. The van der Waals surface area contributed by atoms with Crippen molar-refractivity contribution < 1.29 is 18.7 Å². The Labute approximate surface area is 157 Å². The standard InChI is InChI=1S/C16H23N5O4S/c22-15(14-4-3-12-9-20(14)16(23)21(12)25-26)18-24-10-11-7-13(8-17-11)19-5-1-2-6-19/h1-2,5-6,11-14,17,26H,3-4,7-10H2,(H,18,22)/t11-,12?,13+,14?/m0/s1. The van der Waals surface area contributed by atoms with Gasteiger partial charge in [-0.25, -0.2) is 14.6 Å². The third kappa shape index (κ3) is 3.29. The van der Waals surface area contributed by atoms with Gasteiger partial charge in [0.05, 0.1) is 12.6 Å². The van der Waals surface area contributed by atoms with E-state index >= 15 is 0 Å². The van der Waals surface area contributed by atoms with Crippen molar-refractivity contribution in [1.82, 2.24) is 25.3 Å². The average molecular weight is 381 g/mol. The number of carbonyl (C=O) groups is 2. The van der Waals surface area contributed by atoms with Gasteiger partial charge in [0.2, 0.25) is 0 Å². The van der Waals surface area contributed by atoms with Crippen molar-refractivity contribution in [2.75, 3.05) is 19.7 Å². The number of rotatable bonds is 6. The number of hydroxylamine groups is 3. The lowest BCUT2D eigenvalue weighted by Gasteiger charge is -2.29. The number of amides is 3. The molecule has 0 aliphatic carbocycles. The number of nitrogens with zero attached hydrogens (tertiary/aromatic N) is 3. The van der Waals surface area contributed by atoms with E-state index in [9.17, 15) is 9.59 Å². The molecule has 4 rings (SSSR count). The highest BCUT2D eigenvalue weighted by atomic mass is 32.1. The lowest BCUT2D eigenvalue weighted by molar-refractivity contribution is -0.139. The van der Waals surface area contributed by atoms with Crippen molar-refractivity contribution in [2.24, 2.45) is 0 Å². The molecule has 2 bridgehead atoms. The number of piperidine rings is 1. The zero-order valence-electron chi connectivity index (χ0n) is 14.3. The summed E-state index contributed by atoms with van der Waals surface area (Å²) in [6, 6.07) is 3.71. The van der Waals surface area contributed by atoms with E-state index in [2.05, 4.69) is 40.7 Å². The molecule has 1 aromatic rings. The van der Waals surface area contributed by atoms with Crippen molar-refractivity contribution in [3.05, 3.63) is 24.5 Å². The van der Waals surface area contributed by atoms with Gasteiger partial charge in [0.15, 0.2) is 0 Å². The van der Waals surface area contributed by atoms with Gasteiger partial charge >= 0.3 is 6.03 Å². The molecule has 4 heterocycles. The van der Waals surface area contributed by atoms with Gasteiger partial charge in [-0.3, -0.25) is 9.63 Å². The Balaban J connectivity index is 1.23. The number of urea groups is 1. The number of nitrogens with one attached hydrogen (secondary N) is 2. The van der Waals surface area contributed by atoms with Gasteiger partial charge in [-0.15, -0.1) is 0 Å². The SMILES string of the molecule is O=C(NOC[C@@H]1C[C@@H](n2cccc2)CN1)C1CCC2CN1C(=O)N2OS. The zero-order valence-corrected chi connectivity index (χ0v) is 15.2. The molecule has 1 aromatic heterocycles. The molecule has 142 valence electrons. The minimum atomic E-state index is -0.531. The van der Waals surface area contributed by atoms with Crippen LogP contribution in [0.1, 0.15) is 25.3 Å². The van der Waals surface area contributed by atoms with E-state index in [0.29, 0.717) is 32.0 Å². The molecule has 2 N–H and O–H groups in total. The van der Waals surface area contributed by atoms with Crippen LogP contribution in [0.4, 0.5) is 4.79 Å². The average Bonchev–Trinajstić information content (AvgIpc) is 3.37. The third-order valence-electron chi connectivity index (χ3n) is 5.42. The lowest BCUT2D eigenvalue weighted by atomic mass is 10.0. The highest BCUT2D eigenvalue weighted by Gasteiger charge is 2.48. The maximum absolute atomic E-state index is 12.4. The van der Waals surface area contributed by atoms with E-state index in [0.717, 1.165) is 13.0 Å². The first-order chi connectivity index (χ1) is 12.7. The van der Waals surface area contributed by atoms with Crippen molar-refractivity contribution in [1.29, 1.82) is 0 Å². The molecule has 3 saturated heterocycles. The molecule has 3 aliphatic heterocycles. The number of hydrogen-bond acceptors (Lipinski definition) is 6. The van der Waals surface area contributed by atoms with Crippen LogP contribution in [-0.2, 0) is 13.9 Å². The van der Waals surface area contributed by atoms with Crippen molar-refractivity contribution >= 4 is 24.8 Å². The van der Waals surface area contributed by atoms with Crippen LogP contribution in [-0.4, -0.2) is 64.3 Å². The zero-order chi connectivity index (χ0) is 18.1. The van der Waals surface area contributed by atoms with E-state index in [1.807, 2.05) is 12.1 Å². The van der Waals surface area contributed by atoms with E-state index in [4.69, 9.17) is 9.12 Å². The fourth-order valence-electron chi connectivity index (χ4n) is 4.04. The van der Waals surface area contributed by atoms with E-state index < -0.39 is 6.04 Å². The molecular formula is C16H23N5O4S. The molecule has 2 unspecified atom stereocenters. The summed E-state index contributed by atoms with van der Waals surface area (Å²) < 4.78 is 7.00. The molecule has 26 heavy (non-hydrogen) atoms. The fourth-order valence-corrected chi connectivity index (χ4v) is 4.24. The van der Waals surface area contributed by atoms with Crippen molar-refractivity contribution in [2.45, 2.75) is 43.4 Å². The summed E-state index contributed by atoms with van der Waals surface area (Å²) >= 11 is 3.72. The number of thiol groups is 1. The summed E-state index contributed by atoms with van der Waals surface area (Å²) in [6.45, 7) is 1.74. The van der Waals surface area contributed by atoms with Crippen LogP contribution in [0.2, 0.25) is 0 Å². The maximum atomic E-state index is 12.4. The van der Waals surface area contributed by atoms with E-state index in [1.165, 1.54) is 9.96 Å². The summed E-state index contributed by atoms with van der Waals surface area (Å²) in [4.78, 5) is 31.6. The Morgan fingerprint density at radius 1 is 1.31 bits per heavy atom. The van der Waals surface area contributed by atoms with Crippen LogP contribution in [0.3, 0.4) is 0 Å². The summed E-state index contributed by atoms with van der Waals surface area (Å²) in [5, 5.41) is 4.63. The normalized spacial score (nSPS) is 30.9. The van der Waals surface area contributed by atoms with Crippen LogP contribution < -0.4 is 10.8 Å². The lowest BCUT2D eigenvalue weighted by Crippen LogP contribution is -2.50. The van der Waals surface area contributed by atoms with Crippen LogP contribution in [0.5, 0.6) is 0 Å². The molecule has 0 radical (unpaired) electrons. The topological polar surface area (TPSA) is 88.1 Å². The monoisotopic (exact) mass is 381 g/mol. The molecule has 0 saturated carbocycles. The molecule has 9 nitrogen and oxygen atoms in total. The van der Waals surface area contributed by atoms with Crippen LogP contribution >= 0.6 is 12.9 Å². The minimum absolute atomic E-state index is 0.0433. The Morgan fingerprint density at radius 2 is 2.12 bits per heavy atom. The third-order valence-corrected chi connectivity index (χ3v) is 5.59. The van der Waals surface area contributed by atoms with Crippen LogP contribution in [0, 0.1) is 0 Å². The Morgan fingerprint density at radius 3 is 2.88 bits per heavy atom. The second-order valence-corrected chi connectivity index (χ2v) is 7.15. The molecule has 0 spiro atoms. The van der Waals surface area contributed by atoms with Crippen molar-refractivity contribution in [3.63, 3.8) is 0 Å². The Bertz CT molecular complexity index is 657. The van der Waals surface area contributed by atoms with Gasteiger partial charge in [0.1, 0.15) is 6.04 Å². The fraction of sp³-hybridized carbons (Fsp3) is 0.625. The van der Waals surface area contributed by atoms with Crippen molar-refractivity contribution in [3.8, 4) is 0 Å². The smallest absolute Gasteiger partial charge is 0.345 e. The molecule has 3 aliphatic rings. The molecular weight excluding hydrogens is 358 g/mol. The maximum Gasteiger partial charge on any atom is 0.345 e.